The van der Waals surface area contributed by atoms with Crippen molar-refractivity contribution >= 4 is 86.2 Å². The molecule has 3 aliphatic heterocycles. The zero-order valence-corrected chi connectivity index (χ0v) is 89.6. The second kappa shape index (κ2) is 49.1. The minimum atomic E-state index is -0.0697. The molecule has 764 valence electrons. The van der Waals surface area contributed by atoms with Crippen LogP contribution >= 0.6 is 56.7 Å². The smallest absolute Gasteiger partial charge is 0.257 e. The van der Waals surface area contributed by atoms with Gasteiger partial charge in [-0.2, -0.15) is 25.5 Å². The van der Waals surface area contributed by atoms with E-state index in [2.05, 4.69) is 142 Å². The topological polar surface area (TPSA) is 345 Å². The molecule has 35 nitrogen and oxygen atoms in total. The van der Waals surface area contributed by atoms with Crippen LogP contribution in [0.3, 0.4) is 0 Å². The molecule has 0 radical (unpaired) electrons. The fourth-order valence-electron chi connectivity index (χ4n) is 18.0. The number of carbonyl (C=O) groups is 5. The Labute approximate surface area is 872 Å². The number of piperazine rings is 3. The summed E-state index contributed by atoms with van der Waals surface area (Å²) >= 11 is 8.22. The molecule has 0 atom stereocenters. The largest absolute Gasteiger partial charge is 0.351 e. The number of amides is 5. The van der Waals surface area contributed by atoms with E-state index >= 15 is 0 Å². The molecule has 40 heteroatoms. The number of likely N-dealkylation sites (N-methyl/N-ethyl adjacent to an activating group) is 4. The van der Waals surface area contributed by atoms with Gasteiger partial charge in [0.25, 0.3) is 59.3 Å². The van der Waals surface area contributed by atoms with Gasteiger partial charge in [-0.3, -0.25) is 33.8 Å². The first-order valence-electron chi connectivity index (χ1n) is 50.8. The summed E-state index contributed by atoms with van der Waals surface area (Å²) in [6.07, 6.45) is 26.1. The monoisotopic (exact) mass is 2060 g/mol. The molecule has 21 rings (SSSR count). The van der Waals surface area contributed by atoms with Gasteiger partial charge in [0.05, 0.1) is 140 Å². The van der Waals surface area contributed by atoms with Crippen LogP contribution in [-0.2, 0) is 0 Å². The molecular formula is C106H130N30O5S5. The van der Waals surface area contributed by atoms with E-state index in [4.69, 9.17) is 24.9 Å². The molecule has 3 saturated heterocycles. The third-order valence-corrected chi connectivity index (χ3v) is 31.8. The Kier molecular flexibility index (Phi) is 35.1. The van der Waals surface area contributed by atoms with Crippen LogP contribution in [-0.4, -0.2) is 330 Å². The second-order valence-corrected chi connectivity index (χ2v) is 42.3. The minimum Gasteiger partial charge on any atom is -0.351 e. The molecule has 0 bridgehead atoms. The Bertz CT molecular complexity index is 6820. The molecule has 6 fully saturated rings. The van der Waals surface area contributed by atoms with Crippen molar-refractivity contribution in [3.8, 4) is 82.6 Å². The molecule has 3 saturated carbocycles. The maximum Gasteiger partial charge on any atom is 0.257 e. The maximum atomic E-state index is 13.2. The first-order valence-corrected chi connectivity index (χ1v) is 55.2. The Balaban J connectivity index is 0.000000125. The normalized spacial score (nSPS) is 15.1. The molecule has 146 heavy (non-hydrogen) atoms. The van der Waals surface area contributed by atoms with Crippen molar-refractivity contribution in [3.63, 3.8) is 0 Å². The predicted octanol–water partition coefficient (Wildman–Crippen LogP) is 16.4. The molecule has 1 N–H and O–H groups in total. The van der Waals surface area contributed by atoms with Gasteiger partial charge >= 0.3 is 0 Å². The van der Waals surface area contributed by atoms with Crippen molar-refractivity contribution in [2.24, 2.45) is 0 Å². The number of carbonyl (C=O) groups excluding carboxylic acids is 5. The highest BCUT2D eigenvalue weighted by Crippen LogP contribution is 2.46. The van der Waals surface area contributed by atoms with E-state index in [-0.39, 0.29) is 29.5 Å². The highest BCUT2D eigenvalue weighted by atomic mass is 32.1. The van der Waals surface area contributed by atoms with Gasteiger partial charge in [-0.05, 0) is 213 Å². The molecule has 5 amide bonds. The van der Waals surface area contributed by atoms with E-state index in [9.17, 15) is 24.0 Å². The van der Waals surface area contributed by atoms with E-state index < -0.39 is 0 Å². The van der Waals surface area contributed by atoms with Crippen molar-refractivity contribution in [2.75, 3.05) is 152 Å². The molecule has 3 aliphatic carbocycles. The van der Waals surface area contributed by atoms with Crippen molar-refractivity contribution in [1.82, 2.24) is 148 Å². The summed E-state index contributed by atoms with van der Waals surface area (Å²) in [5.74, 6) is 3.69. The standard InChI is InChI=1S/2C22H28N6OS.2C21H26N6OS.C20H22N6OS/c1-4-5-8-26-9-11-27(12-10-26)21(29)18-15-24-28(17(18)3)22-23-14-16(2)20(25-22)19-7-6-13-30-19;1-4-27(5-2)13-12-26(3)21(29)17-15-24-28(20(17)16-8-9-16)22-23-11-10-18(25-22)19-7-6-14-30-19;1-14(2)25-7-9-26(10-8-25)20(28)17-13-23-27(16(17)4)21-22-12-15(3)19(24-21)18-6-5-11-29-18;1-3-26(4-2)12-11-22-20(28)16-14-24-27(19(16)15-7-8-15)21-23-10-9-17(25-21)18-6-5-13-29-18;1-24-8-10-25(11-9-24)19(27)15-13-22-26(18(15)14-4-5-14)20-21-7-6-16(23-20)17-3-2-12-28-17/h6-7,13-15H,4-5,8-12H2,1-3H3;6-7,10-11,14-16H,4-5,8-9,12-13H2,1-3H3;5-6,11-14H,7-10H2,1-4H3;5-6,9-10,13-15H,3-4,7-8,11-12H2,1-2H3,(H,22,28);2-3,6-7,12-14H,4-5,8-11H2,1H3. The zero-order valence-electron chi connectivity index (χ0n) is 85.5. The van der Waals surface area contributed by atoms with Gasteiger partial charge in [0.1, 0.15) is 0 Å². The van der Waals surface area contributed by atoms with E-state index in [1.54, 1.807) is 135 Å². The SMILES string of the molecule is CCCCN1CCN(C(=O)c2cnn(-c3ncc(C)c(-c4cccs4)n3)c2C)CC1.CCN(CC)CCN(C)C(=O)c1cnn(-c2nccc(-c3cccs3)n2)c1C1CC1.CCN(CC)CCNC(=O)c1cnn(-c2nccc(-c3cccs3)n2)c1C1CC1.CN1CCN(C(=O)c2cnn(-c3nccc(-c4cccs4)n3)c2C2CC2)CC1.Cc1cnc(-n2ncc(C(=O)N3CCN(C(C)C)CC3)c2C)nc1-c1cccs1. The molecular weight excluding hydrogens is 1930 g/mol. The lowest BCUT2D eigenvalue weighted by Crippen LogP contribution is -2.50. The van der Waals surface area contributed by atoms with Gasteiger partial charge < -0.3 is 39.6 Å². The lowest BCUT2D eigenvalue weighted by atomic mass is 10.1. The molecule has 0 unspecified atom stereocenters. The van der Waals surface area contributed by atoms with Gasteiger partial charge in [-0.1, -0.05) is 71.4 Å². The number of hydrogen-bond acceptors (Lipinski definition) is 30. The third kappa shape index (κ3) is 25.1. The summed E-state index contributed by atoms with van der Waals surface area (Å²) in [5, 5.41) is 35.7. The van der Waals surface area contributed by atoms with E-state index in [1.807, 2.05) is 162 Å². The van der Waals surface area contributed by atoms with Gasteiger partial charge in [0, 0.05) is 167 Å². The fraction of sp³-hybridized carbons (Fsp3) is 0.434. The lowest BCUT2D eigenvalue weighted by Gasteiger charge is -2.36. The lowest BCUT2D eigenvalue weighted by molar-refractivity contribution is 0.0593. The van der Waals surface area contributed by atoms with Gasteiger partial charge in [0.2, 0.25) is 0 Å². The van der Waals surface area contributed by atoms with Crippen LogP contribution in [0.25, 0.3) is 82.6 Å². The highest BCUT2D eigenvalue weighted by Gasteiger charge is 2.39. The van der Waals surface area contributed by atoms with E-state index in [0.29, 0.717) is 94.4 Å². The van der Waals surface area contributed by atoms with Crippen LogP contribution in [0, 0.1) is 27.7 Å². The van der Waals surface area contributed by atoms with Crippen molar-refractivity contribution in [3.05, 3.63) is 235 Å². The van der Waals surface area contributed by atoms with Crippen LogP contribution in [0.2, 0.25) is 0 Å². The summed E-state index contributed by atoms with van der Waals surface area (Å²) in [4.78, 5) is 136. The van der Waals surface area contributed by atoms with E-state index in [0.717, 1.165) is 255 Å². The number of aromatic nitrogens is 20. The number of thiophene rings is 5. The summed E-state index contributed by atoms with van der Waals surface area (Å²) in [5.41, 5.74) is 14.1. The second-order valence-electron chi connectivity index (χ2n) is 37.6. The first kappa shape index (κ1) is 104. The van der Waals surface area contributed by atoms with Crippen molar-refractivity contribution in [1.29, 1.82) is 0 Å². The van der Waals surface area contributed by atoms with Crippen LogP contribution < -0.4 is 5.32 Å². The summed E-state index contributed by atoms with van der Waals surface area (Å²) in [6, 6.07) is 26.5. The summed E-state index contributed by atoms with van der Waals surface area (Å²) in [6.45, 7) is 41.1. The quantitative estimate of drug-likeness (QED) is 0.0409. The number of nitrogens with one attached hydrogen (secondary N) is 1. The Hall–Kier alpha value is -12.9. The van der Waals surface area contributed by atoms with Crippen LogP contribution in [0.5, 0.6) is 0 Å². The van der Waals surface area contributed by atoms with Crippen LogP contribution in [0.4, 0.5) is 0 Å². The average molecular weight is 2060 g/mol. The Morgan fingerprint density at radius 3 is 1.15 bits per heavy atom. The number of unbranched alkanes of at least 4 members (excludes halogenated alkanes) is 1. The fourth-order valence-corrected chi connectivity index (χ4v) is 21.6. The van der Waals surface area contributed by atoms with Crippen LogP contribution in [0.15, 0.2) is 168 Å². The Morgan fingerprint density at radius 1 is 0.397 bits per heavy atom. The minimum absolute atomic E-state index is 0.0183. The number of nitrogens with zero attached hydrogens (tertiary/aromatic N) is 29. The molecule has 0 aromatic carbocycles. The molecule has 15 aromatic rings. The summed E-state index contributed by atoms with van der Waals surface area (Å²) in [7, 11) is 3.96. The molecule has 6 aliphatic rings. The van der Waals surface area contributed by atoms with Gasteiger partial charge in [0.15, 0.2) is 0 Å². The van der Waals surface area contributed by atoms with Gasteiger partial charge in [-0.15, -0.1) is 56.7 Å². The molecule has 18 heterocycles. The zero-order chi connectivity index (χ0) is 102. The van der Waals surface area contributed by atoms with Gasteiger partial charge in [-0.25, -0.2) is 73.2 Å². The number of hydrogen-bond donors (Lipinski definition) is 1. The number of rotatable bonds is 32. The molecule has 15 aromatic heterocycles. The third-order valence-electron chi connectivity index (χ3n) is 27.3. The highest BCUT2D eigenvalue weighted by molar-refractivity contribution is 7.14. The van der Waals surface area contributed by atoms with Crippen molar-refractivity contribution < 1.29 is 24.0 Å². The maximum absolute atomic E-state index is 13.2. The van der Waals surface area contributed by atoms with Crippen molar-refractivity contribution in [2.45, 2.75) is 151 Å². The predicted molar refractivity (Wildman–Crippen MR) is 575 cm³/mol. The Morgan fingerprint density at radius 2 is 0.753 bits per heavy atom. The first-order chi connectivity index (χ1) is 71.1. The molecule has 0 spiro atoms. The number of aryl methyl sites for hydroxylation is 2. The average Bonchev–Trinajstić information content (AvgIpc) is 1.62. The van der Waals surface area contributed by atoms with Crippen LogP contribution in [0.1, 0.15) is 209 Å². The summed E-state index contributed by atoms with van der Waals surface area (Å²) < 4.78 is 8.61. The van der Waals surface area contributed by atoms with E-state index in [1.165, 1.54) is 12.8 Å².